The maximum atomic E-state index is 11.1. The van der Waals surface area contributed by atoms with Crippen LogP contribution in [0.4, 0.5) is 0 Å². The molecular formula is C11H17N3O2. The molecule has 1 rings (SSSR count). The molecule has 0 atom stereocenters. The van der Waals surface area contributed by atoms with Crippen LogP contribution in [-0.4, -0.2) is 29.2 Å². The third-order valence-corrected chi connectivity index (χ3v) is 2.26. The molecular weight excluding hydrogens is 206 g/mol. The standard InChI is InChI=1S/C11H17N3O2/c1-9(11(15)16-3)4-5-12-8-10-13-6-7-14(10)2/h4,6-7,12H,5,8H2,1-3H3/b9-4+. The molecule has 0 unspecified atom stereocenters. The van der Waals surface area contributed by atoms with E-state index in [0.29, 0.717) is 18.7 Å². The van der Waals surface area contributed by atoms with Gasteiger partial charge in [0, 0.05) is 31.6 Å². The molecule has 1 aromatic heterocycles. The lowest BCUT2D eigenvalue weighted by Crippen LogP contribution is -2.17. The molecule has 5 heteroatoms. The van der Waals surface area contributed by atoms with Crippen LogP contribution in [0.2, 0.25) is 0 Å². The molecule has 0 radical (unpaired) electrons. The Hall–Kier alpha value is -1.62. The van der Waals surface area contributed by atoms with Crippen molar-refractivity contribution in [1.82, 2.24) is 14.9 Å². The molecule has 1 aromatic rings. The van der Waals surface area contributed by atoms with Crippen LogP contribution in [0.1, 0.15) is 12.7 Å². The molecule has 0 aliphatic carbocycles. The predicted molar refractivity (Wildman–Crippen MR) is 60.7 cm³/mol. The summed E-state index contributed by atoms with van der Waals surface area (Å²) in [5, 5.41) is 3.17. The van der Waals surface area contributed by atoms with E-state index in [9.17, 15) is 4.79 Å². The van der Waals surface area contributed by atoms with Crippen molar-refractivity contribution in [2.24, 2.45) is 7.05 Å². The molecule has 5 nitrogen and oxygen atoms in total. The zero-order chi connectivity index (χ0) is 12.0. The van der Waals surface area contributed by atoms with E-state index in [1.807, 2.05) is 17.8 Å². The smallest absolute Gasteiger partial charge is 0.333 e. The SMILES string of the molecule is COC(=O)/C(C)=C/CNCc1nccn1C. The fraction of sp³-hybridized carbons (Fsp3) is 0.455. The summed E-state index contributed by atoms with van der Waals surface area (Å²) >= 11 is 0. The Morgan fingerprint density at radius 2 is 2.44 bits per heavy atom. The lowest BCUT2D eigenvalue weighted by atomic mass is 10.3. The first-order valence-electron chi connectivity index (χ1n) is 5.07. The number of hydrogen-bond donors (Lipinski definition) is 1. The van der Waals surface area contributed by atoms with Crippen LogP contribution in [0.3, 0.4) is 0 Å². The molecule has 0 saturated carbocycles. The molecule has 88 valence electrons. The Bertz CT molecular complexity index is 382. The van der Waals surface area contributed by atoms with E-state index in [4.69, 9.17) is 0 Å². The topological polar surface area (TPSA) is 56.1 Å². The van der Waals surface area contributed by atoms with Crippen LogP contribution in [0.25, 0.3) is 0 Å². The number of aromatic nitrogens is 2. The Kier molecular flexibility index (Phi) is 4.72. The number of carbonyl (C=O) groups excluding carboxylic acids is 1. The van der Waals surface area contributed by atoms with Crippen molar-refractivity contribution in [2.75, 3.05) is 13.7 Å². The zero-order valence-corrected chi connectivity index (χ0v) is 9.86. The van der Waals surface area contributed by atoms with Gasteiger partial charge < -0.3 is 14.6 Å². The van der Waals surface area contributed by atoms with E-state index in [0.717, 1.165) is 5.82 Å². The van der Waals surface area contributed by atoms with Crippen molar-refractivity contribution < 1.29 is 9.53 Å². The van der Waals surface area contributed by atoms with Gasteiger partial charge in [-0.2, -0.15) is 0 Å². The molecule has 0 bridgehead atoms. The van der Waals surface area contributed by atoms with Crippen molar-refractivity contribution >= 4 is 5.97 Å². The van der Waals surface area contributed by atoms with Crippen LogP contribution >= 0.6 is 0 Å². The normalized spacial score (nSPS) is 11.6. The summed E-state index contributed by atoms with van der Waals surface area (Å²) in [7, 11) is 3.32. The van der Waals surface area contributed by atoms with Gasteiger partial charge in [0.2, 0.25) is 0 Å². The van der Waals surface area contributed by atoms with E-state index in [1.165, 1.54) is 7.11 Å². The first-order chi connectivity index (χ1) is 7.65. The first-order valence-corrected chi connectivity index (χ1v) is 5.07. The minimum absolute atomic E-state index is 0.293. The number of esters is 1. The van der Waals surface area contributed by atoms with Gasteiger partial charge in [-0.1, -0.05) is 6.08 Å². The fourth-order valence-corrected chi connectivity index (χ4v) is 1.22. The second-order valence-corrected chi connectivity index (χ2v) is 3.46. The molecule has 0 spiro atoms. The number of rotatable bonds is 5. The van der Waals surface area contributed by atoms with Crippen molar-refractivity contribution in [1.29, 1.82) is 0 Å². The second-order valence-electron chi connectivity index (χ2n) is 3.46. The van der Waals surface area contributed by atoms with Crippen LogP contribution in [-0.2, 0) is 23.1 Å². The Balaban J connectivity index is 2.32. The monoisotopic (exact) mass is 223 g/mol. The summed E-state index contributed by atoms with van der Waals surface area (Å²) in [6, 6.07) is 0. The van der Waals surface area contributed by atoms with Crippen LogP contribution in [0, 0.1) is 0 Å². The summed E-state index contributed by atoms with van der Waals surface area (Å²) in [5.74, 6) is 0.669. The number of aryl methyl sites for hydroxylation is 1. The van der Waals surface area contributed by atoms with Gasteiger partial charge in [0.05, 0.1) is 13.7 Å². The number of hydrogen-bond acceptors (Lipinski definition) is 4. The van der Waals surface area contributed by atoms with E-state index in [-0.39, 0.29) is 5.97 Å². The number of ether oxygens (including phenoxy) is 1. The number of carbonyl (C=O) groups is 1. The summed E-state index contributed by atoms with van der Waals surface area (Å²) < 4.78 is 6.53. The summed E-state index contributed by atoms with van der Waals surface area (Å²) in [4.78, 5) is 15.2. The van der Waals surface area contributed by atoms with Crippen LogP contribution in [0.15, 0.2) is 24.0 Å². The quantitative estimate of drug-likeness (QED) is 0.452. The highest BCUT2D eigenvalue weighted by atomic mass is 16.5. The average Bonchev–Trinajstić information content (AvgIpc) is 2.69. The molecule has 16 heavy (non-hydrogen) atoms. The lowest BCUT2D eigenvalue weighted by Gasteiger charge is -2.03. The van der Waals surface area contributed by atoms with Crippen molar-refractivity contribution in [2.45, 2.75) is 13.5 Å². The van der Waals surface area contributed by atoms with Gasteiger partial charge in [-0.15, -0.1) is 0 Å². The van der Waals surface area contributed by atoms with Gasteiger partial charge >= 0.3 is 5.97 Å². The highest BCUT2D eigenvalue weighted by Crippen LogP contribution is 1.95. The van der Waals surface area contributed by atoms with Gasteiger partial charge in [-0.05, 0) is 6.92 Å². The van der Waals surface area contributed by atoms with Crippen LogP contribution in [0.5, 0.6) is 0 Å². The molecule has 0 fully saturated rings. The Labute approximate surface area is 95.1 Å². The molecule has 0 amide bonds. The van der Waals surface area contributed by atoms with Gasteiger partial charge in [0.25, 0.3) is 0 Å². The molecule has 0 aromatic carbocycles. The summed E-state index contributed by atoms with van der Waals surface area (Å²) in [6.45, 7) is 3.02. The van der Waals surface area contributed by atoms with Crippen LogP contribution < -0.4 is 5.32 Å². The highest BCUT2D eigenvalue weighted by Gasteiger charge is 2.01. The van der Waals surface area contributed by atoms with Gasteiger partial charge in [-0.3, -0.25) is 0 Å². The second kappa shape index (κ2) is 6.07. The van der Waals surface area contributed by atoms with Crippen molar-refractivity contribution in [3.63, 3.8) is 0 Å². The van der Waals surface area contributed by atoms with E-state index in [2.05, 4.69) is 15.0 Å². The van der Waals surface area contributed by atoms with E-state index < -0.39 is 0 Å². The minimum atomic E-state index is -0.293. The average molecular weight is 223 g/mol. The van der Waals surface area contributed by atoms with E-state index >= 15 is 0 Å². The molecule has 1 heterocycles. The first kappa shape index (κ1) is 12.4. The number of methoxy groups -OCH3 is 1. The largest absolute Gasteiger partial charge is 0.466 e. The third-order valence-electron chi connectivity index (χ3n) is 2.26. The maximum absolute atomic E-state index is 11.1. The lowest BCUT2D eigenvalue weighted by molar-refractivity contribution is -0.136. The van der Waals surface area contributed by atoms with Gasteiger partial charge in [-0.25, -0.2) is 9.78 Å². The minimum Gasteiger partial charge on any atom is -0.466 e. The van der Waals surface area contributed by atoms with E-state index in [1.54, 1.807) is 19.2 Å². The predicted octanol–water partition coefficient (Wildman–Crippen LogP) is 0.629. The molecule has 0 saturated heterocycles. The molecule has 1 N–H and O–H groups in total. The molecule has 0 aliphatic heterocycles. The Morgan fingerprint density at radius 1 is 1.69 bits per heavy atom. The fourth-order valence-electron chi connectivity index (χ4n) is 1.22. The number of nitrogens with zero attached hydrogens (tertiary/aromatic N) is 2. The van der Waals surface area contributed by atoms with Crippen molar-refractivity contribution in [3.05, 3.63) is 29.9 Å². The maximum Gasteiger partial charge on any atom is 0.333 e. The molecule has 0 aliphatic rings. The zero-order valence-electron chi connectivity index (χ0n) is 9.86. The third kappa shape index (κ3) is 3.51. The summed E-state index contributed by atoms with van der Waals surface area (Å²) in [5.41, 5.74) is 0.606. The Morgan fingerprint density at radius 3 is 3.00 bits per heavy atom. The highest BCUT2D eigenvalue weighted by molar-refractivity contribution is 5.87. The van der Waals surface area contributed by atoms with Gasteiger partial charge in [0.15, 0.2) is 0 Å². The number of nitrogens with one attached hydrogen (secondary N) is 1. The van der Waals surface area contributed by atoms with Crippen molar-refractivity contribution in [3.8, 4) is 0 Å². The van der Waals surface area contributed by atoms with Gasteiger partial charge in [0.1, 0.15) is 5.82 Å². The number of imidazole rings is 1. The summed E-state index contributed by atoms with van der Waals surface area (Å²) in [6.07, 6.45) is 5.45.